The van der Waals surface area contributed by atoms with E-state index < -0.39 is 0 Å². The Labute approximate surface area is 95.2 Å². The van der Waals surface area contributed by atoms with Crippen molar-refractivity contribution in [3.8, 4) is 0 Å². The third-order valence-electron chi connectivity index (χ3n) is 3.20. The fourth-order valence-corrected chi connectivity index (χ4v) is 2.71. The number of hydrogen-bond donors (Lipinski definition) is 1. The van der Waals surface area contributed by atoms with Crippen LogP contribution in [0.15, 0.2) is 0 Å². The van der Waals surface area contributed by atoms with E-state index in [9.17, 15) is 0 Å². The fourth-order valence-electron chi connectivity index (χ4n) is 2.71. The quantitative estimate of drug-likeness (QED) is 0.758. The summed E-state index contributed by atoms with van der Waals surface area (Å²) >= 11 is 0. The van der Waals surface area contributed by atoms with Crippen molar-refractivity contribution in [2.75, 3.05) is 13.1 Å². The first-order chi connectivity index (χ1) is 7.00. The standard InChI is InChI=1S/C13H28N2/c1-10(2)8-15(9-11(3)4)13-7-5-6-12(13)14/h10-13H,5-9,14H2,1-4H3. The molecule has 0 aromatic heterocycles. The second-order valence-electron chi connectivity index (χ2n) is 5.90. The van der Waals surface area contributed by atoms with Crippen LogP contribution >= 0.6 is 0 Å². The van der Waals surface area contributed by atoms with Gasteiger partial charge in [-0.2, -0.15) is 0 Å². The van der Waals surface area contributed by atoms with Crippen LogP contribution in [0.4, 0.5) is 0 Å². The molecule has 2 N–H and O–H groups in total. The lowest BCUT2D eigenvalue weighted by atomic mass is 10.1. The van der Waals surface area contributed by atoms with Crippen molar-refractivity contribution in [1.29, 1.82) is 0 Å². The van der Waals surface area contributed by atoms with E-state index in [-0.39, 0.29) is 0 Å². The van der Waals surface area contributed by atoms with Crippen LogP contribution < -0.4 is 5.73 Å². The van der Waals surface area contributed by atoms with E-state index in [0.717, 1.165) is 11.8 Å². The van der Waals surface area contributed by atoms with Crippen LogP contribution in [0.3, 0.4) is 0 Å². The van der Waals surface area contributed by atoms with Gasteiger partial charge in [0.1, 0.15) is 0 Å². The molecule has 1 aliphatic rings. The second kappa shape index (κ2) is 5.86. The molecule has 2 heteroatoms. The Morgan fingerprint density at radius 2 is 1.60 bits per heavy atom. The first-order valence-corrected chi connectivity index (χ1v) is 6.50. The Bertz CT molecular complexity index is 167. The average molecular weight is 212 g/mol. The summed E-state index contributed by atoms with van der Waals surface area (Å²) in [7, 11) is 0. The van der Waals surface area contributed by atoms with Crippen molar-refractivity contribution in [2.45, 2.75) is 59.0 Å². The fraction of sp³-hybridized carbons (Fsp3) is 1.00. The van der Waals surface area contributed by atoms with Gasteiger partial charge in [0, 0.05) is 25.2 Å². The zero-order valence-corrected chi connectivity index (χ0v) is 10.9. The second-order valence-corrected chi connectivity index (χ2v) is 5.90. The van der Waals surface area contributed by atoms with Crippen molar-refractivity contribution in [2.24, 2.45) is 17.6 Å². The largest absolute Gasteiger partial charge is 0.326 e. The molecular weight excluding hydrogens is 184 g/mol. The van der Waals surface area contributed by atoms with Gasteiger partial charge >= 0.3 is 0 Å². The van der Waals surface area contributed by atoms with Gasteiger partial charge < -0.3 is 5.73 Å². The van der Waals surface area contributed by atoms with Crippen molar-refractivity contribution < 1.29 is 0 Å². The smallest absolute Gasteiger partial charge is 0.0247 e. The molecule has 90 valence electrons. The topological polar surface area (TPSA) is 29.3 Å². The molecule has 0 aliphatic heterocycles. The molecule has 2 atom stereocenters. The molecule has 0 heterocycles. The highest BCUT2D eigenvalue weighted by molar-refractivity contribution is 4.88. The first kappa shape index (κ1) is 13.0. The molecule has 1 saturated carbocycles. The maximum atomic E-state index is 6.19. The third kappa shape index (κ3) is 4.12. The van der Waals surface area contributed by atoms with E-state index in [1.54, 1.807) is 0 Å². The first-order valence-electron chi connectivity index (χ1n) is 6.50. The summed E-state index contributed by atoms with van der Waals surface area (Å²) in [6.07, 6.45) is 3.84. The van der Waals surface area contributed by atoms with Crippen molar-refractivity contribution >= 4 is 0 Å². The van der Waals surface area contributed by atoms with Gasteiger partial charge in [0.2, 0.25) is 0 Å². The molecule has 0 spiro atoms. The van der Waals surface area contributed by atoms with Crippen LogP contribution in [0.25, 0.3) is 0 Å². The van der Waals surface area contributed by atoms with Gasteiger partial charge in [-0.05, 0) is 24.7 Å². The highest BCUT2D eigenvalue weighted by Gasteiger charge is 2.29. The van der Waals surface area contributed by atoms with E-state index in [1.807, 2.05) is 0 Å². The number of nitrogens with two attached hydrogens (primary N) is 1. The number of rotatable bonds is 5. The van der Waals surface area contributed by atoms with Crippen molar-refractivity contribution in [3.63, 3.8) is 0 Å². The molecule has 0 aromatic carbocycles. The monoisotopic (exact) mass is 212 g/mol. The molecule has 0 amide bonds. The van der Waals surface area contributed by atoms with Crippen LogP contribution in [0.2, 0.25) is 0 Å². The summed E-state index contributed by atoms with van der Waals surface area (Å²) < 4.78 is 0. The number of hydrogen-bond acceptors (Lipinski definition) is 2. The molecule has 0 aromatic rings. The zero-order valence-electron chi connectivity index (χ0n) is 10.9. The molecule has 1 rings (SSSR count). The van der Waals surface area contributed by atoms with Gasteiger partial charge in [-0.3, -0.25) is 4.90 Å². The summed E-state index contributed by atoms with van der Waals surface area (Å²) in [5, 5.41) is 0. The van der Waals surface area contributed by atoms with E-state index >= 15 is 0 Å². The Hall–Kier alpha value is -0.0800. The molecule has 0 radical (unpaired) electrons. The Morgan fingerprint density at radius 3 is 1.93 bits per heavy atom. The van der Waals surface area contributed by atoms with Gasteiger partial charge in [0.15, 0.2) is 0 Å². The molecule has 0 saturated heterocycles. The van der Waals surface area contributed by atoms with Gasteiger partial charge in [0.05, 0.1) is 0 Å². The maximum absolute atomic E-state index is 6.19. The Morgan fingerprint density at radius 1 is 1.07 bits per heavy atom. The predicted octanol–water partition coefficient (Wildman–Crippen LogP) is 2.48. The molecule has 2 unspecified atom stereocenters. The van der Waals surface area contributed by atoms with Gasteiger partial charge in [-0.15, -0.1) is 0 Å². The highest BCUT2D eigenvalue weighted by atomic mass is 15.2. The van der Waals surface area contributed by atoms with Crippen molar-refractivity contribution in [1.82, 2.24) is 4.90 Å². The number of nitrogens with zero attached hydrogens (tertiary/aromatic N) is 1. The Balaban J connectivity index is 2.53. The van der Waals surface area contributed by atoms with Crippen molar-refractivity contribution in [3.05, 3.63) is 0 Å². The minimum Gasteiger partial charge on any atom is -0.326 e. The van der Waals surface area contributed by atoms with Crippen LogP contribution in [-0.4, -0.2) is 30.1 Å². The van der Waals surface area contributed by atoms with Crippen LogP contribution in [0.1, 0.15) is 47.0 Å². The highest BCUT2D eigenvalue weighted by Crippen LogP contribution is 2.24. The average Bonchev–Trinajstić information content (AvgIpc) is 2.48. The molecule has 1 aliphatic carbocycles. The zero-order chi connectivity index (χ0) is 11.4. The van der Waals surface area contributed by atoms with Crippen LogP contribution in [0, 0.1) is 11.8 Å². The van der Waals surface area contributed by atoms with Crippen LogP contribution in [0.5, 0.6) is 0 Å². The summed E-state index contributed by atoms with van der Waals surface area (Å²) in [5.41, 5.74) is 6.19. The van der Waals surface area contributed by atoms with Gasteiger partial charge in [0.25, 0.3) is 0 Å². The lowest BCUT2D eigenvalue weighted by Crippen LogP contribution is -2.47. The summed E-state index contributed by atoms with van der Waals surface area (Å²) in [6.45, 7) is 11.6. The van der Waals surface area contributed by atoms with Crippen LogP contribution in [-0.2, 0) is 0 Å². The Kier molecular flexibility index (Phi) is 5.07. The lowest BCUT2D eigenvalue weighted by Gasteiger charge is -2.34. The normalized spacial score (nSPS) is 27.2. The minimum atomic E-state index is 0.419. The van der Waals surface area contributed by atoms with E-state index in [4.69, 9.17) is 5.73 Å². The maximum Gasteiger partial charge on any atom is 0.0247 e. The molecule has 1 fully saturated rings. The van der Waals surface area contributed by atoms with Gasteiger partial charge in [-0.1, -0.05) is 34.1 Å². The van der Waals surface area contributed by atoms with E-state index in [1.165, 1.54) is 32.4 Å². The molecular formula is C13H28N2. The SMILES string of the molecule is CC(C)CN(CC(C)C)C1CCCC1N. The summed E-state index contributed by atoms with van der Waals surface area (Å²) in [4.78, 5) is 2.63. The molecule has 0 bridgehead atoms. The lowest BCUT2D eigenvalue weighted by molar-refractivity contribution is 0.147. The molecule has 15 heavy (non-hydrogen) atoms. The summed E-state index contributed by atoms with van der Waals surface area (Å²) in [5.74, 6) is 1.49. The molecule has 2 nitrogen and oxygen atoms in total. The van der Waals surface area contributed by atoms with Gasteiger partial charge in [-0.25, -0.2) is 0 Å². The summed E-state index contributed by atoms with van der Waals surface area (Å²) in [6, 6.07) is 1.07. The van der Waals surface area contributed by atoms with E-state index in [0.29, 0.717) is 12.1 Å². The third-order valence-corrected chi connectivity index (χ3v) is 3.20. The predicted molar refractivity (Wildman–Crippen MR) is 66.9 cm³/mol. The minimum absolute atomic E-state index is 0.419. The van der Waals surface area contributed by atoms with E-state index in [2.05, 4.69) is 32.6 Å².